The molecule has 5 heteroatoms. The number of halogens is 2. The van der Waals surface area contributed by atoms with E-state index in [0.717, 1.165) is 37.3 Å². The summed E-state index contributed by atoms with van der Waals surface area (Å²) in [5.74, 6) is 0.191. The third-order valence-corrected chi connectivity index (χ3v) is 3.12. The van der Waals surface area contributed by atoms with Gasteiger partial charge in [-0.2, -0.15) is 5.10 Å². The number of hydrogen-bond acceptors (Lipinski definition) is 2. The molecule has 0 bridgehead atoms. The van der Waals surface area contributed by atoms with Crippen molar-refractivity contribution in [3.05, 3.63) is 35.7 Å². The smallest absolute Gasteiger partial charge is 0.181 e. The van der Waals surface area contributed by atoms with Crippen LogP contribution in [0.1, 0.15) is 31.5 Å². The highest BCUT2D eigenvalue weighted by molar-refractivity contribution is 5.54. The van der Waals surface area contributed by atoms with Crippen LogP contribution < -0.4 is 0 Å². The van der Waals surface area contributed by atoms with Gasteiger partial charge in [0.25, 0.3) is 0 Å². The van der Waals surface area contributed by atoms with Gasteiger partial charge in [0, 0.05) is 18.0 Å². The molecule has 0 unspecified atom stereocenters. The Balaban J connectivity index is 2.02. The number of rotatable bonds is 3. The number of aryl methyl sites for hydroxylation is 1. The van der Waals surface area contributed by atoms with Crippen LogP contribution in [0.2, 0.25) is 0 Å². The predicted octanol–water partition coefficient (Wildman–Crippen LogP) is 3.12. The lowest BCUT2D eigenvalue weighted by molar-refractivity contribution is 0.509. The monoisotopic (exact) mass is 249 g/mol. The summed E-state index contributed by atoms with van der Waals surface area (Å²) in [4.78, 5) is 4.45. The van der Waals surface area contributed by atoms with Gasteiger partial charge in [0.1, 0.15) is 5.82 Å². The topological polar surface area (TPSA) is 30.7 Å². The summed E-state index contributed by atoms with van der Waals surface area (Å²) >= 11 is 0. The highest BCUT2D eigenvalue weighted by atomic mass is 19.2. The van der Waals surface area contributed by atoms with E-state index in [1.165, 1.54) is 6.07 Å². The Kier molecular flexibility index (Phi) is 2.61. The second kappa shape index (κ2) is 4.15. The van der Waals surface area contributed by atoms with Gasteiger partial charge in [0.05, 0.1) is 0 Å². The number of aromatic nitrogens is 3. The van der Waals surface area contributed by atoms with Crippen LogP contribution in [0.25, 0.3) is 11.4 Å². The number of hydrogen-bond donors (Lipinski definition) is 0. The minimum Gasteiger partial charge on any atom is -0.249 e. The molecule has 18 heavy (non-hydrogen) atoms. The Morgan fingerprint density at radius 2 is 2.06 bits per heavy atom. The third-order valence-electron chi connectivity index (χ3n) is 3.12. The van der Waals surface area contributed by atoms with Gasteiger partial charge in [-0.1, -0.05) is 0 Å². The molecule has 0 saturated heterocycles. The molecule has 0 radical (unpaired) electrons. The quantitative estimate of drug-likeness (QED) is 0.836. The predicted molar refractivity (Wildman–Crippen MR) is 63.0 cm³/mol. The highest BCUT2D eigenvalue weighted by Gasteiger charge is 2.29. The summed E-state index contributed by atoms with van der Waals surface area (Å²) in [5.41, 5.74) is 0.517. The van der Waals surface area contributed by atoms with Gasteiger partial charge in [-0.3, -0.25) is 0 Å². The molecule has 0 spiro atoms. The van der Waals surface area contributed by atoms with Crippen molar-refractivity contribution in [2.75, 3.05) is 0 Å². The van der Waals surface area contributed by atoms with Gasteiger partial charge in [-0.05, 0) is 38.0 Å². The second-order valence-electron chi connectivity index (χ2n) is 4.51. The van der Waals surface area contributed by atoms with Crippen LogP contribution in [0.3, 0.4) is 0 Å². The van der Waals surface area contributed by atoms with Crippen LogP contribution >= 0.6 is 0 Å². The summed E-state index contributed by atoms with van der Waals surface area (Å²) in [6.45, 7) is 2.73. The van der Waals surface area contributed by atoms with Gasteiger partial charge in [0.15, 0.2) is 17.5 Å². The Labute approximate surface area is 103 Å². The molecule has 1 aliphatic rings. The third kappa shape index (κ3) is 1.89. The standard InChI is InChI=1S/C13H13F2N3/c1-2-18-13(8-3-4-8)16-12(17-18)9-5-6-10(14)11(15)7-9/h5-8H,2-4H2,1H3. The lowest BCUT2D eigenvalue weighted by Gasteiger charge is -1.98. The lowest BCUT2D eigenvalue weighted by Crippen LogP contribution is -2.01. The summed E-state index contributed by atoms with van der Waals surface area (Å²) in [6, 6.07) is 3.75. The molecule has 1 aromatic carbocycles. The molecule has 1 fully saturated rings. The molecule has 0 amide bonds. The van der Waals surface area contributed by atoms with Crippen LogP contribution in [-0.2, 0) is 6.54 Å². The van der Waals surface area contributed by atoms with Crippen molar-refractivity contribution >= 4 is 0 Å². The normalized spacial score (nSPS) is 15.1. The summed E-state index contributed by atoms with van der Waals surface area (Å²) < 4.78 is 27.9. The van der Waals surface area contributed by atoms with E-state index in [1.54, 1.807) is 0 Å². The number of nitrogens with zero attached hydrogens (tertiary/aromatic N) is 3. The van der Waals surface area contributed by atoms with Gasteiger partial charge in [0.2, 0.25) is 0 Å². The molecule has 0 aliphatic heterocycles. The minimum atomic E-state index is -0.867. The van der Waals surface area contributed by atoms with Gasteiger partial charge >= 0.3 is 0 Å². The molecule has 0 N–H and O–H groups in total. The van der Waals surface area contributed by atoms with Crippen LogP contribution in [0.4, 0.5) is 8.78 Å². The molecule has 1 aromatic heterocycles. The highest BCUT2D eigenvalue weighted by Crippen LogP contribution is 2.39. The van der Waals surface area contributed by atoms with Gasteiger partial charge < -0.3 is 0 Å². The van der Waals surface area contributed by atoms with Crippen LogP contribution in [0, 0.1) is 11.6 Å². The average Bonchev–Trinajstić information content (AvgIpc) is 3.12. The van der Waals surface area contributed by atoms with Crippen molar-refractivity contribution in [1.82, 2.24) is 14.8 Å². The maximum absolute atomic E-state index is 13.2. The molecular weight excluding hydrogens is 236 g/mol. The maximum Gasteiger partial charge on any atom is 0.181 e. The van der Waals surface area contributed by atoms with Crippen molar-refractivity contribution in [1.29, 1.82) is 0 Å². The fourth-order valence-electron chi connectivity index (χ4n) is 1.99. The largest absolute Gasteiger partial charge is 0.249 e. The first kappa shape index (κ1) is 11.3. The molecule has 2 aromatic rings. The lowest BCUT2D eigenvalue weighted by atomic mass is 10.2. The van der Waals surface area contributed by atoms with Crippen molar-refractivity contribution in [2.45, 2.75) is 32.2 Å². The average molecular weight is 249 g/mol. The first-order valence-electron chi connectivity index (χ1n) is 6.09. The summed E-state index contributed by atoms with van der Waals surface area (Å²) in [7, 11) is 0. The molecule has 3 nitrogen and oxygen atoms in total. The molecular formula is C13H13F2N3. The fraction of sp³-hybridized carbons (Fsp3) is 0.385. The number of benzene rings is 1. The van der Waals surface area contributed by atoms with E-state index in [4.69, 9.17) is 0 Å². The Morgan fingerprint density at radius 1 is 1.28 bits per heavy atom. The van der Waals surface area contributed by atoms with Crippen LogP contribution in [0.5, 0.6) is 0 Å². The molecule has 1 saturated carbocycles. The minimum absolute atomic E-state index is 0.470. The van der Waals surface area contributed by atoms with Crippen molar-refractivity contribution in [2.24, 2.45) is 0 Å². The molecule has 1 aliphatic carbocycles. The summed E-state index contributed by atoms with van der Waals surface area (Å²) in [5, 5.41) is 4.35. The van der Waals surface area contributed by atoms with E-state index in [2.05, 4.69) is 10.1 Å². The first-order chi connectivity index (χ1) is 8.69. The van der Waals surface area contributed by atoms with Crippen molar-refractivity contribution in [3.8, 4) is 11.4 Å². The van der Waals surface area contributed by atoms with Crippen LogP contribution in [0.15, 0.2) is 18.2 Å². The van der Waals surface area contributed by atoms with Gasteiger partial charge in [-0.15, -0.1) is 0 Å². The van der Waals surface area contributed by atoms with E-state index in [1.807, 2.05) is 11.6 Å². The molecule has 0 atom stereocenters. The Morgan fingerprint density at radius 3 is 2.67 bits per heavy atom. The molecule has 3 rings (SSSR count). The van der Waals surface area contributed by atoms with E-state index in [0.29, 0.717) is 17.3 Å². The maximum atomic E-state index is 13.2. The first-order valence-corrected chi connectivity index (χ1v) is 6.09. The zero-order valence-electron chi connectivity index (χ0n) is 10.0. The second-order valence-corrected chi connectivity index (χ2v) is 4.51. The zero-order chi connectivity index (χ0) is 12.7. The van der Waals surface area contributed by atoms with E-state index in [9.17, 15) is 8.78 Å². The van der Waals surface area contributed by atoms with E-state index >= 15 is 0 Å². The van der Waals surface area contributed by atoms with Crippen molar-refractivity contribution < 1.29 is 8.78 Å². The van der Waals surface area contributed by atoms with E-state index in [-0.39, 0.29) is 0 Å². The van der Waals surface area contributed by atoms with Crippen molar-refractivity contribution in [3.63, 3.8) is 0 Å². The Hall–Kier alpha value is -1.78. The fourth-order valence-corrected chi connectivity index (χ4v) is 1.99. The molecule has 94 valence electrons. The zero-order valence-corrected chi connectivity index (χ0v) is 10.0. The van der Waals surface area contributed by atoms with Crippen LogP contribution in [-0.4, -0.2) is 14.8 Å². The Bertz CT molecular complexity index is 588. The molecule has 1 heterocycles. The van der Waals surface area contributed by atoms with Gasteiger partial charge in [-0.25, -0.2) is 18.4 Å². The van der Waals surface area contributed by atoms with E-state index < -0.39 is 11.6 Å². The SMILES string of the molecule is CCn1nc(-c2ccc(F)c(F)c2)nc1C1CC1. The summed E-state index contributed by atoms with van der Waals surface area (Å²) in [6.07, 6.45) is 2.27.